The van der Waals surface area contributed by atoms with E-state index in [-0.39, 0.29) is 33.7 Å². The van der Waals surface area contributed by atoms with E-state index in [0.717, 1.165) is 5.69 Å². The molecule has 0 bridgehead atoms. The van der Waals surface area contributed by atoms with Crippen LogP contribution in [0.4, 0.5) is 0 Å². The Bertz CT molecular complexity index is 975. The number of hydrogen-bond donors (Lipinski definition) is 0. The van der Waals surface area contributed by atoms with Gasteiger partial charge in [-0.1, -0.05) is 50.8 Å². The Balaban J connectivity index is 3.20. The Morgan fingerprint density at radius 2 is 1.52 bits per heavy atom. The van der Waals surface area contributed by atoms with Crippen LogP contribution < -0.4 is 9.75 Å². The Morgan fingerprint density at radius 3 is 1.96 bits per heavy atom. The smallest absolute Gasteiger partial charge is 0.184 e. The highest BCUT2D eigenvalue weighted by molar-refractivity contribution is 6.88. The fraction of sp³-hybridized carbons (Fsp3) is 0.476. The van der Waals surface area contributed by atoms with E-state index < -0.39 is 28.6 Å². The molecule has 0 aliphatic heterocycles. The van der Waals surface area contributed by atoms with Crippen molar-refractivity contribution in [3.8, 4) is 11.1 Å². The van der Waals surface area contributed by atoms with Gasteiger partial charge in [0.2, 0.25) is 0 Å². The van der Waals surface area contributed by atoms with Gasteiger partial charge in [-0.3, -0.25) is 0 Å². The summed E-state index contributed by atoms with van der Waals surface area (Å²) in [5, 5.41) is 0.708. The highest BCUT2D eigenvalue weighted by atomic mass is 28.3. The molecule has 0 saturated heterocycles. The lowest BCUT2D eigenvalue weighted by Gasteiger charge is -2.21. The third kappa shape index (κ3) is 3.58. The first-order valence-corrected chi connectivity index (χ1v) is 11.4. The molecule has 2 rings (SSSR count). The Kier molecular flexibility index (Phi) is 2.49. The van der Waals surface area contributed by atoms with Gasteiger partial charge < -0.3 is 0 Å². The maximum Gasteiger partial charge on any atom is 0.184 e. The zero-order chi connectivity index (χ0) is 25.0. The van der Waals surface area contributed by atoms with Gasteiger partial charge in [-0.2, -0.15) is 0 Å². The van der Waals surface area contributed by atoms with Crippen LogP contribution in [0, 0.1) is 20.6 Å². The van der Waals surface area contributed by atoms with Crippen molar-refractivity contribution < 1.29 is 16.9 Å². The predicted octanol–water partition coefficient (Wildman–Crippen LogP) is 4.77. The second-order valence-corrected chi connectivity index (χ2v) is 12.6. The molecule has 2 heteroatoms. The molecule has 1 aromatic carbocycles. The zero-order valence-corrected chi connectivity index (χ0v) is 15.8. The van der Waals surface area contributed by atoms with Gasteiger partial charge in [-0.15, -0.1) is 0 Å². The fourth-order valence-electron chi connectivity index (χ4n) is 2.81. The van der Waals surface area contributed by atoms with Crippen LogP contribution in [0.5, 0.6) is 0 Å². The summed E-state index contributed by atoms with van der Waals surface area (Å²) in [6, 6.07) is 4.77. The normalized spacial score (nSPS) is 19.5. The molecule has 0 aliphatic rings. The van der Waals surface area contributed by atoms with Crippen LogP contribution in [0.1, 0.15) is 54.5 Å². The molecule has 1 aromatic heterocycles. The SMILES string of the molecule is [2H]C([2H])([2H])c1c[n+](C)c(C(C)C)cc1-c1c(C([2H])([2H])[2H])cc([Si](C)(C)C)cc1C([2H])([2H])[2H]. The molecule has 124 valence electrons. The standard InChI is InChI=1S/C21H32NSi/c1-14(2)20-12-19(17(5)13-22(20)6)21-15(3)10-18(11-16(21)4)23(7,8)9/h10-14H,1-9H3/q+1/i3D3,4D3,5D3. The van der Waals surface area contributed by atoms with E-state index in [1.54, 1.807) is 29.8 Å². The average Bonchev–Trinajstić information content (AvgIpc) is 2.57. The van der Waals surface area contributed by atoms with Gasteiger partial charge in [-0.25, -0.2) is 4.57 Å². The summed E-state index contributed by atoms with van der Waals surface area (Å²) in [4.78, 5) is 0. The molecule has 0 fully saturated rings. The highest BCUT2D eigenvalue weighted by Gasteiger charge is 2.21. The zero-order valence-electron chi connectivity index (χ0n) is 23.8. The fourth-order valence-corrected chi connectivity index (χ4v) is 3.97. The van der Waals surface area contributed by atoms with Gasteiger partial charge in [0, 0.05) is 29.9 Å². The maximum absolute atomic E-state index is 8.19. The number of benzene rings is 1. The van der Waals surface area contributed by atoms with Crippen LogP contribution in [-0.2, 0) is 7.05 Å². The van der Waals surface area contributed by atoms with Crippen molar-refractivity contribution in [2.24, 2.45) is 7.05 Å². The molecular formula is C21H32NSi+. The minimum atomic E-state index is -2.62. The minimum absolute atomic E-state index is 0.0121. The maximum atomic E-state index is 8.19. The van der Waals surface area contributed by atoms with E-state index in [4.69, 9.17) is 12.3 Å². The summed E-state index contributed by atoms with van der Waals surface area (Å²) in [7, 11) is -0.347. The quantitative estimate of drug-likeness (QED) is 0.562. The minimum Gasteiger partial charge on any atom is -0.205 e. The second kappa shape index (κ2) is 6.24. The van der Waals surface area contributed by atoms with Gasteiger partial charge in [0.05, 0.1) is 8.07 Å². The number of pyridine rings is 1. The third-order valence-electron chi connectivity index (χ3n) is 4.18. The molecule has 23 heavy (non-hydrogen) atoms. The molecule has 1 nitrogen and oxygen atoms in total. The molecular weight excluding hydrogens is 294 g/mol. The number of aryl methyl sites for hydroxylation is 4. The highest BCUT2D eigenvalue weighted by Crippen LogP contribution is 2.31. The van der Waals surface area contributed by atoms with Gasteiger partial charge in [0.1, 0.15) is 7.05 Å². The van der Waals surface area contributed by atoms with Crippen molar-refractivity contribution in [3.05, 3.63) is 46.8 Å². The van der Waals surface area contributed by atoms with E-state index in [1.165, 1.54) is 6.20 Å². The first-order valence-electron chi connectivity index (χ1n) is 12.4. The third-order valence-corrected chi connectivity index (χ3v) is 6.20. The van der Waals surface area contributed by atoms with Crippen molar-refractivity contribution in [2.75, 3.05) is 0 Å². The van der Waals surface area contributed by atoms with Crippen LogP contribution in [0.15, 0.2) is 24.4 Å². The second-order valence-electron chi connectivity index (χ2n) is 7.49. The van der Waals surface area contributed by atoms with Crippen LogP contribution in [0.25, 0.3) is 11.1 Å². The van der Waals surface area contributed by atoms with Gasteiger partial charge in [0.25, 0.3) is 0 Å². The number of nitrogens with zero attached hydrogens (tertiary/aromatic N) is 1. The summed E-state index contributed by atoms with van der Waals surface area (Å²) in [5.74, 6) is 0.0121. The molecule has 0 aliphatic carbocycles. The van der Waals surface area contributed by atoms with Crippen LogP contribution >= 0.6 is 0 Å². The number of hydrogen-bond acceptors (Lipinski definition) is 0. The van der Waals surface area contributed by atoms with E-state index >= 15 is 0 Å². The number of aromatic nitrogens is 1. The van der Waals surface area contributed by atoms with Crippen LogP contribution in [0.3, 0.4) is 0 Å². The summed E-state index contributed by atoms with van der Waals surface area (Å²) < 4.78 is 75.1. The largest absolute Gasteiger partial charge is 0.205 e. The lowest BCUT2D eigenvalue weighted by Crippen LogP contribution is -2.38. The van der Waals surface area contributed by atoms with E-state index in [1.807, 2.05) is 33.5 Å². The monoisotopic (exact) mass is 335 g/mol. The first-order chi connectivity index (χ1) is 14.2. The topological polar surface area (TPSA) is 3.88 Å². The molecule has 0 unspecified atom stereocenters. The van der Waals surface area contributed by atoms with Gasteiger partial charge >= 0.3 is 0 Å². The summed E-state index contributed by atoms with van der Waals surface area (Å²) in [6.45, 7) is 2.14. The Hall–Kier alpha value is -1.41. The summed E-state index contributed by atoms with van der Waals surface area (Å²) in [5.41, 5.74) is 0.610. The van der Waals surface area contributed by atoms with Crippen molar-refractivity contribution in [1.29, 1.82) is 0 Å². The molecule has 0 N–H and O–H groups in total. The molecule has 0 amide bonds. The van der Waals surface area contributed by atoms with Crippen molar-refractivity contribution in [3.63, 3.8) is 0 Å². The van der Waals surface area contributed by atoms with Gasteiger partial charge in [0.15, 0.2) is 11.9 Å². The average molecular weight is 336 g/mol. The van der Waals surface area contributed by atoms with Gasteiger partial charge in [-0.05, 0) is 42.8 Å². The molecule has 0 saturated carbocycles. The molecule has 2 aromatic rings. The van der Waals surface area contributed by atoms with Crippen molar-refractivity contribution in [1.82, 2.24) is 0 Å². The predicted molar refractivity (Wildman–Crippen MR) is 104 cm³/mol. The number of rotatable bonds is 3. The lowest BCUT2D eigenvalue weighted by molar-refractivity contribution is -0.680. The Labute approximate surface area is 156 Å². The van der Waals surface area contributed by atoms with Crippen LogP contribution in [0.2, 0.25) is 19.6 Å². The lowest BCUT2D eigenvalue weighted by atomic mass is 9.92. The summed E-state index contributed by atoms with van der Waals surface area (Å²) in [6.07, 6.45) is 1.47. The molecule has 0 spiro atoms. The Morgan fingerprint density at radius 1 is 0.957 bits per heavy atom. The van der Waals surface area contributed by atoms with Crippen molar-refractivity contribution in [2.45, 2.75) is 60.0 Å². The van der Waals surface area contributed by atoms with Crippen LogP contribution in [-0.4, -0.2) is 8.07 Å². The van der Waals surface area contributed by atoms with E-state index in [0.29, 0.717) is 5.19 Å². The molecule has 0 radical (unpaired) electrons. The van der Waals surface area contributed by atoms with E-state index in [2.05, 4.69) is 0 Å². The molecule has 0 atom stereocenters. The molecule has 1 heterocycles. The first kappa shape index (κ1) is 9.17. The van der Waals surface area contributed by atoms with Crippen molar-refractivity contribution >= 4 is 13.3 Å². The summed E-state index contributed by atoms with van der Waals surface area (Å²) >= 11 is 0. The van der Waals surface area contributed by atoms with E-state index in [9.17, 15) is 0 Å².